The molecule has 0 bridgehead atoms. The van der Waals surface area contributed by atoms with E-state index in [-0.39, 0.29) is 10.8 Å². The Hall–Kier alpha value is -6.44. The molecule has 2 aliphatic carbocycles. The summed E-state index contributed by atoms with van der Waals surface area (Å²) in [5, 5.41) is 0. The summed E-state index contributed by atoms with van der Waals surface area (Å²) in [6.07, 6.45) is 0. The molecule has 0 radical (unpaired) electrons. The summed E-state index contributed by atoms with van der Waals surface area (Å²) in [4.78, 5) is 2.52. The molecular weight excluding hydrogens is 663 g/mol. The molecular formula is C54H43N. The van der Waals surface area contributed by atoms with Crippen molar-refractivity contribution in [3.05, 3.63) is 210 Å². The Balaban J connectivity index is 1.26. The van der Waals surface area contributed by atoms with Crippen molar-refractivity contribution in [1.29, 1.82) is 0 Å². The fourth-order valence-electron chi connectivity index (χ4n) is 9.50. The SMILES string of the molecule is CC1(C)c2ccccc2-c2ccc(N(c3ccc(-c4ccccc4)cc3-c3ccccc3)c3ccccc3-c3cccc4c3-c3ccccc3C4(C)C)cc21. The lowest BCUT2D eigenvalue weighted by atomic mass is 9.82. The van der Waals surface area contributed by atoms with Crippen LogP contribution in [0.25, 0.3) is 55.6 Å². The van der Waals surface area contributed by atoms with Gasteiger partial charge in [-0.1, -0.05) is 185 Å². The third-order valence-electron chi connectivity index (χ3n) is 12.3. The second kappa shape index (κ2) is 12.6. The molecule has 0 unspecified atom stereocenters. The molecule has 8 aromatic rings. The zero-order valence-electron chi connectivity index (χ0n) is 31.8. The van der Waals surface area contributed by atoms with Crippen molar-refractivity contribution in [2.24, 2.45) is 0 Å². The van der Waals surface area contributed by atoms with E-state index in [4.69, 9.17) is 0 Å². The largest absolute Gasteiger partial charge is 0.309 e. The highest BCUT2D eigenvalue weighted by atomic mass is 15.1. The molecule has 264 valence electrons. The van der Waals surface area contributed by atoms with Crippen LogP contribution in [-0.4, -0.2) is 0 Å². The second-order valence-corrected chi connectivity index (χ2v) is 16.1. The van der Waals surface area contributed by atoms with Gasteiger partial charge in [0.25, 0.3) is 0 Å². The van der Waals surface area contributed by atoms with Crippen LogP contribution in [0.15, 0.2) is 188 Å². The van der Waals surface area contributed by atoms with Gasteiger partial charge in [0.1, 0.15) is 0 Å². The third-order valence-corrected chi connectivity index (χ3v) is 12.3. The van der Waals surface area contributed by atoms with Crippen molar-refractivity contribution < 1.29 is 0 Å². The maximum absolute atomic E-state index is 2.52. The average molecular weight is 706 g/mol. The molecule has 0 amide bonds. The molecule has 1 heteroatoms. The van der Waals surface area contributed by atoms with E-state index in [9.17, 15) is 0 Å². The minimum atomic E-state index is -0.137. The van der Waals surface area contributed by atoms with E-state index in [1.54, 1.807) is 0 Å². The van der Waals surface area contributed by atoms with Gasteiger partial charge in [-0.2, -0.15) is 0 Å². The highest BCUT2D eigenvalue weighted by Crippen LogP contribution is 2.55. The first-order valence-corrected chi connectivity index (χ1v) is 19.4. The van der Waals surface area contributed by atoms with Gasteiger partial charge in [-0.25, -0.2) is 0 Å². The second-order valence-electron chi connectivity index (χ2n) is 16.1. The lowest BCUT2D eigenvalue weighted by Gasteiger charge is -2.32. The predicted octanol–water partition coefficient (Wildman–Crippen LogP) is 14.8. The van der Waals surface area contributed by atoms with E-state index < -0.39 is 0 Å². The van der Waals surface area contributed by atoms with E-state index >= 15 is 0 Å². The molecule has 10 rings (SSSR count). The summed E-state index contributed by atoms with van der Waals surface area (Å²) in [5.74, 6) is 0. The number of nitrogens with zero attached hydrogens (tertiary/aromatic N) is 1. The topological polar surface area (TPSA) is 3.24 Å². The number of hydrogen-bond acceptors (Lipinski definition) is 1. The lowest BCUT2D eigenvalue weighted by molar-refractivity contribution is 0.660. The van der Waals surface area contributed by atoms with Gasteiger partial charge in [-0.15, -0.1) is 0 Å². The summed E-state index contributed by atoms with van der Waals surface area (Å²) < 4.78 is 0. The van der Waals surface area contributed by atoms with Crippen LogP contribution >= 0.6 is 0 Å². The zero-order chi connectivity index (χ0) is 37.3. The quantitative estimate of drug-likeness (QED) is 0.166. The highest BCUT2D eigenvalue weighted by molar-refractivity contribution is 6.00. The van der Waals surface area contributed by atoms with Gasteiger partial charge in [0.2, 0.25) is 0 Å². The normalized spacial score (nSPS) is 14.1. The van der Waals surface area contributed by atoms with Crippen molar-refractivity contribution in [2.75, 3.05) is 4.90 Å². The van der Waals surface area contributed by atoms with Crippen molar-refractivity contribution in [1.82, 2.24) is 0 Å². The molecule has 8 aromatic carbocycles. The number of fused-ring (bicyclic) bond motifs is 6. The fraction of sp³-hybridized carbons (Fsp3) is 0.111. The highest BCUT2D eigenvalue weighted by Gasteiger charge is 2.38. The molecule has 0 heterocycles. The van der Waals surface area contributed by atoms with Crippen molar-refractivity contribution in [3.63, 3.8) is 0 Å². The van der Waals surface area contributed by atoms with Crippen LogP contribution < -0.4 is 4.90 Å². The number of hydrogen-bond donors (Lipinski definition) is 0. The molecule has 55 heavy (non-hydrogen) atoms. The lowest BCUT2D eigenvalue weighted by Crippen LogP contribution is -2.17. The maximum atomic E-state index is 2.52. The standard InChI is InChI=1S/C54H43N/c1-53(2)47-27-15-12-24-44(47)52-43(25-17-28-48(52)53)42-23-13-16-29-50(42)55(39-31-32-41-40-22-11-14-26-46(40)54(3,4)49(41)35-39)51-33-30-38(36-18-7-5-8-19-36)34-45(51)37-20-9-6-10-21-37/h5-35H,1-4H3. The molecule has 0 saturated carbocycles. The van der Waals surface area contributed by atoms with E-state index in [1.165, 1.54) is 77.9 Å². The molecule has 0 aromatic heterocycles. The first-order chi connectivity index (χ1) is 26.8. The first-order valence-electron chi connectivity index (χ1n) is 19.4. The van der Waals surface area contributed by atoms with Crippen LogP contribution in [0.1, 0.15) is 49.9 Å². The fourth-order valence-corrected chi connectivity index (χ4v) is 9.50. The number of para-hydroxylation sites is 1. The third kappa shape index (κ3) is 5.14. The van der Waals surface area contributed by atoms with E-state index in [1.807, 2.05) is 0 Å². The molecule has 0 aliphatic heterocycles. The van der Waals surface area contributed by atoms with Crippen LogP contribution in [-0.2, 0) is 10.8 Å². The van der Waals surface area contributed by atoms with Crippen LogP contribution in [0.5, 0.6) is 0 Å². The molecule has 2 aliphatic rings. The minimum absolute atomic E-state index is 0.0924. The van der Waals surface area contributed by atoms with Crippen LogP contribution in [0.3, 0.4) is 0 Å². The Kier molecular flexibility index (Phi) is 7.58. The smallest absolute Gasteiger partial charge is 0.0540 e. The number of rotatable bonds is 6. The Morgan fingerprint density at radius 1 is 0.309 bits per heavy atom. The van der Waals surface area contributed by atoms with E-state index in [0.717, 1.165) is 17.1 Å². The van der Waals surface area contributed by atoms with Crippen molar-refractivity contribution in [2.45, 2.75) is 38.5 Å². The molecule has 0 atom stereocenters. The number of anilines is 3. The summed E-state index contributed by atoms with van der Waals surface area (Å²) in [5.41, 5.74) is 21.3. The Morgan fingerprint density at radius 3 is 1.58 bits per heavy atom. The summed E-state index contributed by atoms with van der Waals surface area (Å²) in [7, 11) is 0. The van der Waals surface area contributed by atoms with E-state index in [0.29, 0.717) is 0 Å². The molecule has 0 spiro atoms. The van der Waals surface area contributed by atoms with Gasteiger partial charge in [-0.3, -0.25) is 0 Å². The van der Waals surface area contributed by atoms with Crippen LogP contribution in [0.4, 0.5) is 17.1 Å². The summed E-state index contributed by atoms with van der Waals surface area (Å²) in [6.45, 7) is 9.47. The minimum Gasteiger partial charge on any atom is -0.309 e. The average Bonchev–Trinajstić information content (AvgIpc) is 3.61. The number of benzene rings is 8. The van der Waals surface area contributed by atoms with Crippen LogP contribution in [0, 0.1) is 0 Å². The van der Waals surface area contributed by atoms with Crippen LogP contribution in [0.2, 0.25) is 0 Å². The Bertz CT molecular complexity index is 2750. The monoisotopic (exact) mass is 705 g/mol. The molecule has 0 saturated heterocycles. The maximum Gasteiger partial charge on any atom is 0.0540 e. The van der Waals surface area contributed by atoms with E-state index in [2.05, 4.69) is 221 Å². The van der Waals surface area contributed by atoms with Gasteiger partial charge in [0, 0.05) is 27.6 Å². The molecule has 0 fully saturated rings. The predicted molar refractivity (Wildman–Crippen MR) is 233 cm³/mol. The van der Waals surface area contributed by atoms with Gasteiger partial charge in [0.05, 0.1) is 11.4 Å². The van der Waals surface area contributed by atoms with Gasteiger partial charge >= 0.3 is 0 Å². The first kappa shape index (κ1) is 33.2. The zero-order valence-corrected chi connectivity index (χ0v) is 31.8. The van der Waals surface area contributed by atoms with Gasteiger partial charge in [-0.05, 0) is 97.1 Å². The van der Waals surface area contributed by atoms with Crippen molar-refractivity contribution in [3.8, 4) is 55.6 Å². The summed E-state index contributed by atoms with van der Waals surface area (Å²) in [6, 6.07) is 69.6. The molecule has 1 nitrogen and oxygen atoms in total. The molecule has 0 N–H and O–H groups in total. The van der Waals surface area contributed by atoms with Gasteiger partial charge < -0.3 is 4.90 Å². The van der Waals surface area contributed by atoms with Gasteiger partial charge in [0.15, 0.2) is 0 Å². The summed E-state index contributed by atoms with van der Waals surface area (Å²) >= 11 is 0. The Labute approximate surface area is 325 Å². The Morgan fingerprint density at radius 2 is 0.836 bits per heavy atom. The van der Waals surface area contributed by atoms with Crippen molar-refractivity contribution >= 4 is 17.1 Å².